The SMILES string of the molecule is CCCCSc1nnc2c(n1)O[C@H](c1ccc(-c3ccc(C(=O)OCC)cc3)o1)Nc1ccc(Br)cc1-2. The fraction of sp³-hybridized carbons (Fsp3) is 0.259. The van der Waals surface area contributed by atoms with Crippen LogP contribution in [-0.4, -0.2) is 33.5 Å². The third-order valence-electron chi connectivity index (χ3n) is 5.68. The molecule has 3 heterocycles. The van der Waals surface area contributed by atoms with Gasteiger partial charge in [-0.15, -0.1) is 10.2 Å². The first kappa shape index (κ1) is 25.3. The highest BCUT2D eigenvalue weighted by atomic mass is 79.9. The van der Waals surface area contributed by atoms with E-state index in [1.807, 2.05) is 42.5 Å². The first-order valence-electron chi connectivity index (χ1n) is 12.0. The molecule has 1 aliphatic rings. The zero-order valence-corrected chi connectivity index (χ0v) is 22.8. The molecule has 0 saturated heterocycles. The van der Waals surface area contributed by atoms with Gasteiger partial charge in [0.15, 0.2) is 11.5 Å². The van der Waals surface area contributed by atoms with Gasteiger partial charge in [0.1, 0.15) is 5.76 Å². The second-order valence-electron chi connectivity index (χ2n) is 8.28. The average molecular weight is 581 g/mol. The summed E-state index contributed by atoms with van der Waals surface area (Å²) < 4.78 is 18.5. The molecule has 1 atom stereocenters. The molecule has 0 radical (unpaired) electrons. The topological polar surface area (TPSA) is 99.4 Å². The largest absolute Gasteiger partial charge is 0.462 e. The molecule has 2 aromatic carbocycles. The van der Waals surface area contributed by atoms with E-state index in [1.54, 1.807) is 30.8 Å². The van der Waals surface area contributed by atoms with Gasteiger partial charge in [-0.05, 0) is 55.8 Å². The molecule has 0 spiro atoms. The van der Waals surface area contributed by atoms with Gasteiger partial charge < -0.3 is 19.2 Å². The van der Waals surface area contributed by atoms with Crippen LogP contribution in [0.2, 0.25) is 0 Å². The van der Waals surface area contributed by atoms with Crippen LogP contribution in [0, 0.1) is 0 Å². The molecule has 0 saturated carbocycles. The fourth-order valence-electron chi connectivity index (χ4n) is 3.80. The third-order valence-corrected chi connectivity index (χ3v) is 7.10. The number of aromatic nitrogens is 3. The monoisotopic (exact) mass is 580 g/mol. The summed E-state index contributed by atoms with van der Waals surface area (Å²) in [4.78, 5) is 16.6. The number of thioether (sulfide) groups is 1. The number of hydrogen-bond donors (Lipinski definition) is 1. The Labute approximate surface area is 227 Å². The summed E-state index contributed by atoms with van der Waals surface area (Å²) in [7, 11) is 0. The number of nitrogens with one attached hydrogen (secondary N) is 1. The number of ether oxygens (including phenoxy) is 2. The van der Waals surface area contributed by atoms with Gasteiger partial charge in [-0.2, -0.15) is 4.98 Å². The van der Waals surface area contributed by atoms with E-state index in [1.165, 1.54) is 0 Å². The molecular formula is C27H25BrN4O4S. The van der Waals surface area contributed by atoms with Crippen LogP contribution < -0.4 is 10.1 Å². The highest BCUT2D eigenvalue weighted by Crippen LogP contribution is 2.41. The van der Waals surface area contributed by atoms with E-state index in [2.05, 4.69) is 43.4 Å². The lowest BCUT2D eigenvalue weighted by Crippen LogP contribution is -2.16. The van der Waals surface area contributed by atoms with Crippen LogP contribution in [-0.2, 0) is 4.74 Å². The highest BCUT2D eigenvalue weighted by molar-refractivity contribution is 9.10. The minimum atomic E-state index is -0.640. The molecule has 8 nitrogen and oxygen atoms in total. The Bertz CT molecular complexity index is 1410. The molecule has 1 N–H and O–H groups in total. The first-order chi connectivity index (χ1) is 18.1. The van der Waals surface area contributed by atoms with Crippen molar-refractivity contribution in [3.8, 4) is 28.5 Å². The standard InChI is InChI=1S/C27H25BrN4O4S/c1-3-5-14-37-27-30-25-23(31-32-27)19-15-18(28)10-11-20(19)29-24(36-25)22-13-12-21(35-22)16-6-8-17(9-7-16)26(33)34-4-2/h6-13,15,24,29H,3-5,14H2,1-2H3/t24-/m1/s1. The number of unbranched alkanes of at least 4 members (excludes halogenated alkanes) is 1. The molecule has 190 valence electrons. The van der Waals surface area contributed by atoms with Gasteiger partial charge in [-0.1, -0.05) is 53.2 Å². The maximum absolute atomic E-state index is 12.0. The van der Waals surface area contributed by atoms with Gasteiger partial charge in [0.05, 0.1) is 12.2 Å². The number of carbonyl (C=O) groups excluding carboxylic acids is 1. The van der Waals surface area contributed by atoms with Gasteiger partial charge in [-0.25, -0.2) is 4.79 Å². The number of furan rings is 1. The summed E-state index contributed by atoms with van der Waals surface area (Å²) >= 11 is 5.11. The summed E-state index contributed by atoms with van der Waals surface area (Å²) in [6.07, 6.45) is 1.53. The minimum absolute atomic E-state index is 0.332. The highest BCUT2D eigenvalue weighted by Gasteiger charge is 2.28. The van der Waals surface area contributed by atoms with E-state index in [4.69, 9.17) is 13.9 Å². The Hall–Kier alpha value is -3.37. The van der Waals surface area contributed by atoms with Crippen LogP contribution in [0.15, 0.2) is 68.6 Å². The lowest BCUT2D eigenvalue weighted by Gasteiger charge is -2.16. The summed E-state index contributed by atoms with van der Waals surface area (Å²) in [5, 5.41) is 12.8. The van der Waals surface area contributed by atoms with E-state index in [0.29, 0.717) is 40.4 Å². The average Bonchev–Trinajstić information content (AvgIpc) is 3.34. The van der Waals surface area contributed by atoms with Crippen LogP contribution >= 0.6 is 27.7 Å². The molecule has 1 aliphatic heterocycles. The van der Waals surface area contributed by atoms with Crippen LogP contribution in [0.3, 0.4) is 0 Å². The van der Waals surface area contributed by atoms with Crippen molar-refractivity contribution < 1.29 is 18.7 Å². The molecule has 0 fully saturated rings. The van der Waals surface area contributed by atoms with Crippen LogP contribution in [0.25, 0.3) is 22.6 Å². The first-order valence-corrected chi connectivity index (χ1v) is 13.8. The van der Waals surface area contributed by atoms with Crippen LogP contribution in [0.5, 0.6) is 5.88 Å². The van der Waals surface area contributed by atoms with Crippen molar-refractivity contribution in [3.63, 3.8) is 0 Å². The Morgan fingerprint density at radius 1 is 1.11 bits per heavy atom. The number of anilines is 1. The second-order valence-corrected chi connectivity index (χ2v) is 10.3. The van der Waals surface area contributed by atoms with Gasteiger partial charge in [-0.3, -0.25) is 0 Å². The summed E-state index contributed by atoms with van der Waals surface area (Å²) in [6, 6.07) is 16.7. The molecule has 10 heteroatoms. The van der Waals surface area contributed by atoms with E-state index in [0.717, 1.165) is 39.9 Å². The van der Waals surface area contributed by atoms with Crippen molar-refractivity contribution in [2.24, 2.45) is 0 Å². The number of halogens is 1. The van der Waals surface area contributed by atoms with Crippen molar-refractivity contribution >= 4 is 39.3 Å². The Balaban J connectivity index is 1.45. The maximum atomic E-state index is 12.0. The zero-order chi connectivity index (χ0) is 25.8. The Kier molecular flexibility index (Phi) is 7.76. The number of rotatable bonds is 8. The molecular weight excluding hydrogens is 556 g/mol. The summed E-state index contributed by atoms with van der Waals surface area (Å²) in [6.45, 7) is 4.26. The molecule has 4 aromatic rings. The van der Waals surface area contributed by atoms with Gasteiger partial charge in [0.25, 0.3) is 0 Å². The predicted octanol–water partition coefficient (Wildman–Crippen LogP) is 7.13. The van der Waals surface area contributed by atoms with E-state index >= 15 is 0 Å². The molecule has 5 rings (SSSR count). The van der Waals surface area contributed by atoms with E-state index in [9.17, 15) is 4.79 Å². The fourth-order valence-corrected chi connectivity index (χ4v) is 5.02. The minimum Gasteiger partial charge on any atom is -0.462 e. The van der Waals surface area contributed by atoms with E-state index in [-0.39, 0.29) is 5.97 Å². The number of benzene rings is 2. The van der Waals surface area contributed by atoms with Crippen LogP contribution in [0.1, 0.15) is 49.0 Å². The summed E-state index contributed by atoms with van der Waals surface area (Å²) in [5.41, 5.74) is 3.54. The lowest BCUT2D eigenvalue weighted by molar-refractivity contribution is 0.0526. The predicted molar refractivity (Wildman–Crippen MR) is 146 cm³/mol. The van der Waals surface area contributed by atoms with Gasteiger partial charge >= 0.3 is 5.97 Å². The molecule has 0 aliphatic carbocycles. The number of esters is 1. The molecule has 37 heavy (non-hydrogen) atoms. The lowest BCUT2D eigenvalue weighted by atomic mass is 10.1. The Morgan fingerprint density at radius 2 is 1.95 bits per heavy atom. The number of hydrogen-bond acceptors (Lipinski definition) is 9. The van der Waals surface area contributed by atoms with Crippen molar-refractivity contribution in [2.75, 3.05) is 17.7 Å². The van der Waals surface area contributed by atoms with Crippen molar-refractivity contribution in [2.45, 2.75) is 38.1 Å². The molecule has 0 bridgehead atoms. The smallest absolute Gasteiger partial charge is 0.338 e. The zero-order valence-electron chi connectivity index (χ0n) is 20.4. The van der Waals surface area contributed by atoms with Crippen molar-refractivity contribution in [1.29, 1.82) is 0 Å². The summed E-state index contributed by atoms with van der Waals surface area (Å²) in [5.74, 6) is 2.17. The molecule has 2 aromatic heterocycles. The number of nitrogens with zero attached hydrogens (tertiary/aromatic N) is 3. The molecule has 0 amide bonds. The molecule has 0 unspecified atom stereocenters. The second kappa shape index (κ2) is 11.4. The normalized spacial score (nSPS) is 14.1. The quantitative estimate of drug-likeness (QED) is 0.132. The van der Waals surface area contributed by atoms with Crippen LogP contribution in [0.4, 0.5) is 5.69 Å². The van der Waals surface area contributed by atoms with E-state index < -0.39 is 6.23 Å². The van der Waals surface area contributed by atoms with Crippen molar-refractivity contribution in [1.82, 2.24) is 15.2 Å². The third kappa shape index (κ3) is 5.65. The van der Waals surface area contributed by atoms with Gasteiger partial charge in [0, 0.05) is 27.0 Å². The number of carbonyl (C=O) groups is 1. The van der Waals surface area contributed by atoms with Crippen molar-refractivity contribution in [3.05, 3.63) is 70.4 Å². The maximum Gasteiger partial charge on any atom is 0.338 e. The van der Waals surface area contributed by atoms with Gasteiger partial charge in [0.2, 0.25) is 17.3 Å². The number of fused-ring (bicyclic) bond motifs is 3. The Morgan fingerprint density at radius 3 is 2.73 bits per heavy atom.